The first-order chi connectivity index (χ1) is 10.8. The first-order valence-electron chi connectivity index (χ1n) is 7.38. The monoisotopic (exact) mass is 296 g/mol. The van der Waals surface area contributed by atoms with Crippen LogP contribution in [0.4, 0.5) is 5.69 Å². The van der Waals surface area contributed by atoms with Crippen molar-refractivity contribution in [3.8, 4) is 5.75 Å². The summed E-state index contributed by atoms with van der Waals surface area (Å²) in [5.41, 5.74) is 8.40. The van der Waals surface area contributed by atoms with E-state index in [1.54, 1.807) is 13.2 Å². The summed E-state index contributed by atoms with van der Waals surface area (Å²) in [4.78, 5) is 0. The van der Waals surface area contributed by atoms with Gasteiger partial charge in [0.2, 0.25) is 0 Å². The number of rotatable bonds is 5. The molecule has 0 bridgehead atoms. The van der Waals surface area contributed by atoms with E-state index in [1.165, 1.54) is 0 Å². The summed E-state index contributed by atoms with van der Waals surface area (Å²) < 4.78 is 5.17. The maximum atomic E-state index is 9.91. The van der Waals surface area contributed by atoms with Gasteiger partial charge in [-0.1, -0.05) is 36.4 Å². The minimum absolute atomic E-state index is 0.292. The molecule has 1 atom stereocenters. The highest BCUT2D eigenvalue weighted by atomic mass is 16.5. The third-order valence-electron chi connectivity index (χ3n) is 3.81. The van der Waals surface area contributed by atoms with E-state index in [4.69, 9.17) is 4.74 Å². The fourth-order valence-corrected chi connectivity index (χ4v) is 2.63. The Labute approximate surface area is 130 Å². The van der Waals surface area contributed by atoms with Crippen LogP contribution >= 0.6 is 0 Å². The number of allylic oxidation sites excluding steroid dienone is 2. The Kier molecular flexibility index (Phi) is 4.30. The highest BCUT2D eigenvalue weighted by molar-refractivity contribution is 5.97. The molecule has 0 saturated heterocycles. The molecule has 1 aliphatic rings. The minimum atomic E-state index is 0.292. The lowest BCUT2D eigenvalue weighted by Gasteiger charge is -2.18. The van der Waals surface area contributed by atoms with Crippen molar-refractivity contribution in [3.05, 3.63) is 60.3 Å². The maximum absolute atomic E-state index is 9.91. The van der Waals surface area contributed by atoms with Gasteiger partial charge < -0.3 is 20.7 Å². The number of phenols is 1. The summed E-state index contributed by atoms with van der Waals surface area (Å²) in [5, 5.41) is 11.7. The van der Waals surface area contributed by atoms with Gasteiger partial charge in [-0.05, 0) is 24.6 Å². The SMILES string of the molecule is COCC1C=CC(NNc2ccc(O)c3ccccc23)=CC1. The first-order valence-corrected chi connectivity index (χ1v) is 7.38. The van der Waals surface area contributed by atoms with Gasteiger partial charge in [0.05, 0.1) is 12.3 Å². The molecule has 0 heterocycles. The number of nitrogens with one attached hydrogen (secondary N) is 2. The number of phenolic OH excluding ortho intramolecular Hbond substituents is 1. The van der Waals surface area contributed by atoms with Crippen LogP contribution < -0.4 is 10.9 Å². The molecule has 2 aromatic carbocycles. The number of hydrazine groups is 1. The highest BCUT2D eigenvalue weighted by Gasteiger charge is 2.09. The Bertz CT molecular complexity index is 722. The number of hydrogen-bond donors (Lipinski definition) is 3. The number of fused-ring (bicyclic) bond motifs is 1. The topological polar surface area (TPSA) is 53.5 Å². The fourth-order valence-electron chi connectivity index (χ4n) is 2.63. The van der Waals surface area contributed by atoms with Crippen LogP contribution in [0.25, 0.3) is 10.8 Å². The lowest BCUT2D eigenvalue weighted by Crippen LogP contribution is -2.22. The van der Waals surface area contributed by atoms with Gasteiger partial charge in [-0.2, -0.15) is 0 Å². The van der Waals surface area contributed by atoms with Gasteiger partial charge in [0.25, 0.3) is 0 Å². The van der Waals surface area contributed by atoms with Gasteiger partial charge in [0.1, 0.15) is 5.75 Å². The summed E-state index contributed by atoms with van der Waals surface area (Å²) >= 11 is 0. The normalized spacial score (nSPS) is 17.3. The van der Waals surface area contributed by atoms with Crippen molar-refractivity contribution in [2.45, 2.75) is 6.42 Å². The van der Waals surface area contributed by atoms with Crippen molar-refractivity contribution in [1.82, 2.24) is 5.43 Å². The van der Waals surface area contributed by atoms with Crippen LogP contribution in [-0.2, 0) is 4.74 Å². The van der Waals surface area contributed by atoms with Crippen LogP contribution in [0.15, 0.2) is 60.3 Å². The van der Waals surface area contributed by atoms with Gasteiger partial charge in [-0.3, -0.25) is 0 Å². The average molecular weight is 296 g/mol. The Balaban J connectivity index is 1.71. The smallest absolute Gasteiger partial charge is 0.123 e. The molecule has 4 heteroatoms. The molecule has 0 fully saturated rings. The van der Waals surface area contributed by atoms with E-state index in [0.29, 0.717) is 11.7 Å². The van der Waals surface area contributed by atoms with Crippen LogP contribution in [0.2, 0.25) is 0 Å². The number of anilines is 1. The second-order valence-corrected chi connectivity index (χ2v) is 5.40. The van der Waals surface area contributed by atoms with Gasteiger partial charge in [0.15, 0.2) is 0 Å². The number of ether oxygens (including phenoxy) is 1. The molecule has 0 radical (unpaired) electrons. The molecule has 3 N–H and O–H groups in total. The Hall–Kier alpha value is -2.46. The van der Waals surface area contributed by atoms with Crippen molar-refractivity contribution in [3.63, 3.8) is 0 Å². The van der Waals surface area contributed by atoms with Crippen molar-refractivity contribution in [1.29, 1.82) is 0 Å². The van der Waals surface area contributed by atoms with E-state index in [9.17, 15) is 5.11 Å². The molecule has 0 aliphatic heterocycles. The number of methoxy groups -OCH3 is 1. The first kappa shape index (κ1) is 14.5. The second kappa shape index (κ2) is 6.54. The number of hydrogen-bond acceptors (Lipinski definition) is 4. The highest BCUT2D eigenvalue weighted by Crippen LogP contribution is 2.30. The standard InChI is InChI=1S/C18H20N2O2/c1-22-12-13-6-8-14(9-7-13)19-20-17-10-11-18(21)16-5-3-2-4-15(16)17/h2-6,8-11,13,19-21H,7,12H2,1H3. The summed E-state index contributed by atoms with van der Waals surface area (Å²) in [5.74, 6) is 0.741. The number of benzene rings is 2. The molecule has 0 amide bonds. The van der Waals surface area contributed by atoms with Crippen molar-refractivity contribution in [2.75, 3.05) is 19.1 Å². The van der Waals surface area contributed by atoms with Crippen LogP contribution in [-0.4, -0.2) is 18.8 Å². The second-order valence-electron chi connectivity index (χ2n) is 5.40. The lowest BCUT2D eigenvalue weighted by atomic mass is 10.0. The molecule has 114 valence electrons. The zero-order valence-corrected chi connectivity index (χ0v) is 12.5. The summed E-state index contributed by atoms with van der Waals surface area (Å²) in [6.07, 6.45) is 7.33. The lowest BCUT2D eigenvalue weighted by molar-refractivity contribution is 0.170. The maximum Gasteiger partial charge on any atom is 0.123 e. The summed E-state index contributed by atoms with van der Waals surface area (Å²) in [7, 11) is 1.73. The third kappa shape index (κ3) is 3.07. The molecule has 1 unspecified atom stereocenters. The third-order valence-corrected chi connectivity index (χ3v) is 3.81. The van der Waals surface area contributed by atoms with E-state index in [-0.39, 0.29) is 0 Å². The van der Waals surface area contributed by atoms with Crippen LogP contribution in [0.3, 0.4) is 0 Å². The van der Waals surface area contributed by atoms with Gasteiger partial charge >= 0.3 is 0 Å². The molecule has 2 aromatic rings. The molecule has 4 nitrogen and oxygen atoms in total. The van der Waals surface area contributed by atoms with Gasteiger partial charge in [-0.25, -0.2) is 0 Å². The molecule has 0 aromatic heterocycles. The Morgan fingerprint density at radius 1 is 1.14 bits per heavy atom. The molecule has 1 aliphatic carbocycles. The van der Waals surface area contributed by atoms with Crippen molar-refractivity contribution in [2.24, 2.45) is 5.92 Å². The zero-order chi connectivity index (χ0) is 15.4. The van der Waals surface area contributed by atoms with Crippen molar-refractivity contribution < 1.29 is 9.84 Å². The van der Waals surface area contributed by atoms with E-state index in [0.717, 1.165) is 35.2 Å². The number of aromatic hydroxyl groups is 1. The van der Waals surface area contributed by atoms with Crippen LogP contribution in [0, 0.1) is 5.92 Å². The Morgan fingerprint density at radius 3 is 2.68 bits per heavy atom. The van der Waals surface area contributed by atoms with E-state index in [1.807, 2.05) is 30.3 Å². The van der Waals surface area contributed by atoms with E-state index < -0.39 is 0 Å². The molecular weight excluding hydrogens is 276 g/mol. The molecular formula is C18H20N2O2. The van der Waals surface area contributed by atoms with Gasteiger partial charge in [0, 0.05) is 29.5 Å². The largest absolute Gasteiger partial charge is 0.507 e. The predicted octanol–water partition coefficient (Wildman–Crippen LogP) is 3.57. The fraction of sp³-hybridized carbons (Fsp3) is 0.222. The quantitative estimate of drug-likeness (QED) is 0.583. The van der Waals surface area contributed by atoms with Crippen LogP contribution in [0.5, 0.6) is 5.75 Å². The summed E-state index contributed by atoms with van der Waals surface area (Å²) in [6, 6.07) is 11.3. The minimum Gasteiger partial charge on any atom is -0.507 e. The van der Waals surface area contributed by atoms with E-state index >= 15 is 0 Å². The zero-order valence-electron chi connectivity index (χ0n) is 12.5. The van der Waals surface area contributed by atoms with Crippen molar-refractivity contribution >= 4 is 16.5 Å². The van der Waals surface area contributed by atoms with Crippen LogP contribution in [0.1, 0.15) is 6.42 Å². The van der Waals surface area contributed by atoms with E-state index in [2.05, 4.69) is 29.1 Å². The molecule has 22 heavy (non-hydrogen) atoms. The summed E-state index contributed by atoms with van der Waals surface area (Å²) in [6.45, 7) is 0.746. The predicted molar refractivity (Wildman–Crippen MR) is 89.6 cm³/mol. The average Bonchev–Trinajstić information content (AvgIpc) is 2.56. The molecule has 3 rings (SSSR count). The van der Waals surface area contributed by atoms with Gasteiger partial charge in [-0.15, -0.1) is 0 Å². The molecule has 0 spiro atoms. The molecule has 0 saturated carbocycles. The Morgan fingerprint density at radius 2 is 1.95 bits per heavy atom.